The fourth-order valence-corrected chi connectivity index (χ4v) is 1.67. The molecule has 0 radical (unpaired) electrons. The summed E-state index contributed by atoms with van der Waals surface area (Å²) in [6.45, 7) is 4.54. The number of aryl methyl sites for hydroxylation is 2. The number of hydrogen-bond acceptors (Lipinski definition) is 3. The molecule has 1 heterocycles. The van der Waals surface area contributed by atoms with Crippen LogP contribution in [0.3, 0.4) is 0 Å². The van der Waals surface area contributed by atoms with Gasteiger partial charge < -0.3 is 5.73 Å². The summed E-state index contributed by atoms with van der Waals surface area (Å²) < 4.78 is 1.78. The summed E-state index contributed by atoms with van der Waals surface area (Å²) in [7, 11) is 0. The minimum atomic E-state index is 0. The fourth-order valence-electron chi connectivity index (χ4n) is 1.67. The van der Waals surface area contributed by atoms with Crippen molar-refractivity contribution >= 4 is 12.4 Å². The number of nitrogens with zero attached hydrogens (tertiary/aromatic N) is 3. The molecule has 1 aromatic heterocycles. The van der Waals surface area contributed by atoms with Gasteiger partial charge in [-0.1, -0.05) is 23.4 Å². The average molecular weight is 239 g/mol. The summed E-state index contributed by atoms with van der Waals surface area (Å²) in [6.07, 6.45) is 1.87. The summed E-state index contributed by atoms with van der Waals surface area (Å²) in [5.41, 5.74) is 9.76. The van der Waals surface area contributed by atoms with Gasteiger partial charge in [-0.2, -0.15) is 0 Å². The van der Waals surface area contributed by atoms with E-state index in [1.807, 2.05) is 12.3 Å². The maximum Gasteiger partial charge on any atom is 0.0967 e. The van der Waals surface area contributed by atoms with Gasteiger partial charge in [0.15, 0.2) is 0 Å². The minimum Gasteiger partial charge on any atom is -0.325 e. The van der Waals surface area contributed by atoms with Gasteiger partial charge in [0.2, 0.25) is 0 Å². The zero-order valence-corrected chi connectivity index (χ0v) is 10.2. The molecule has 0 unspecified atom stereocenters. The van der Waals surface area contributed by atoms with Crippen molar-refractivity contribution in [3.05, 3.63) is 41.2 Å². The van der Waals surface area contributed by atoms with E-state index >= 15 is 0 Å². The molecule has 0 saturated carbocycles. The Hall–Kier alpha value is -1.39. The van der Waals surface area contributed by atoms with Gasteiger partial charge >= 0.3 is 0 Å². The molecule has 0 aliphatic rings. The summed E-state index contributed by atoms with van der Waals surface area (Å²) in [5, 5.41) is 8.05. The van der Waals surface area contributed by atoms with Crippen LogP contribution in [-0.2, 0) is 6.54 Å². The third kappa shape index (κ3) is 2.23. The number of halogens is 1. The topological polar surface area (TPSA) is 56.7 Å². The Kier molecular flexibility index (Phi) is 4.04. The molecular formula is C11H15ClN4. The van der Waals surface area contributed by atoms with Crippen molar-refractivity contribution in [3.8, 4) is 5.69 Å². The highest BCUT2D eigenvalue weighted by Gasteiger charge is 2.06. The zero-order chi connectivity index (χ0) is 10.8. The molecule has 1 aromatic carbocycles. The van der Waals surface area contributed by atoms with E-state index in [1.165, 1.54) is 11.1 Å². The lowest BCUT2D eigenvalue weighted by Gasteiger charge is -2.07. The van der Waals surface area contributed by atoms with Gasteiger partial charge in [-0.25, -0.2) is 4.68 Å². The highest BCUT2D eigenvalue weighted by Crippen LogP contribution is 2.17. The van der Waals surface area contributed by atoms with Crippen molar-refractivity contribution in [1.82, 2.24) is 15.0 Å². The molecule has 0 aliphatic heterocycles. The van der Waals surface area contributed by atoms with E-state index in [0.29, 0.717) is 6.54 Å². The van der Waals surface area contributed by atoms with E-state index in [4.69, 9.17) is 5.73 Å². The lowest BCUT2D eigenvalue weighted by Crippen LogP contribution is -2.00. The molecule has 2 aromatic rings. The molecule has 0 spiro atoms. The van der Waals surface area contributed by atoms with Crippen LogP contribution in [0, 0.1) is 13.8 Å². The molecule has 0 bridgehead atoms. The van der Waals surface area contributed by atoms with Gasteiger partial charge in [0.1, 0.15) is 0 Å². The molecule has 0 aliphatic carbocycles. The van der Waals surface area contributed by atoms with Crippen molar-refractivity contribution in [2.45, 2.75) is 20.4 Å². The van der Waals surface area contributed by atoms with Crippen LogP contribution in [0.5, 0.6) is 0 Å². The largest absolute Gasteiger partial charge is 0.325 e. The quantitative estimate of drug-likeness (QED) is 0.868. The Labute approximate surface area is 101 Å². The Morgan fingerprint density at radius 1 is 1.25 bits per heavy atom. The van der Waals surface area contributed by atoms with Crippen LogP contribution >= 0.6 is 12.4 Å². The Bertz CT molecular complexity index is 458. The lowest BCUT2D eigenvalue weighted by atomic mass is 10.1. The Morgan fingerprint density at radius 2 is 1.88 bits per heavy atom. The SMILES string of the molecule is Cc1cccc(C)c1-n1cc(CN)nn1.Cl. The number of nitrogens with two attached hydrogens (primary N) is 1. The van der Waals surface area contributed by atoms with Gasteiger partial charge in [0.25, 0.3) is 0 Å². The molecule has 0 atom stereocenters. The van der Waals surface area contributed by atoms with Gasteiger partial charge in [-0.15, -0.1) is 17.5 Å². The van der Waals surface area contributed by atoms with E-state index in [-0.39, 0.29) is 12.4 Å². The third-order valence-corrected chi connectivity index (χ3v) is 2.42. The Morgan fingerprint density at radius 3 is 2.38 bits per heavy atom. The van der Waals surface area contributed by atoms with Crippen molar-refractivity contribution in [3.63, 3.8) is 0 Å². The molecule has 86 valence electrons. The van der Waals surface area contributed by atoms with Crippen LogP contribution in [0.1, 0.15) is 16.8 Å². The standard InChI is InChI=1S/C11H14N4.ClH/c1-8-4-3-5-9(2)11(8)15-7-10(6-12)13-14-15;/h3-5,7H,6,12H2,1-2H3;1H. The van der Waals surface area contributed by atoms with Gasteiger partial charge in [0, 0.05) is 6.54 Å². The second-order valence-corrected chi connectivity index (χ2v) is 3.60. The third-order valence-electron chi connectivity index (χ3n) is 2.42. The van der Waals surface area contributed by atoms with E-state index in [0.717, 1.165) is 11.4 Å². The number of hydrogen-bond donors (Lipinski definition) is 1. The molecule has 0 amide bonds. The number of rotatable bonds is 2. The smallest absolute Gasteiger partial charge is 0.0967 e. The molecule has 0 saturated heterocycles. The predicted octanol–water partition coefficient (Wildman–Crippen LogP) is 1.76. The zero-order valence-electron chi connectivity index (χ0n) is 9.34. The first kappa shape index (κ1) is 12.7. The molecule has 16 heavy (non-hydrogen) atoms. The van der Waals surface area contributed by atoms with Crippen LogP contribution < -0.4 is 5.73 Å². The van der Waals surface area contributed by atoms with Crippen LogP contribution in [0.4, 0.5) is 0 Å². The van der Waals surface area contributed by atoms with Crippen molar-refractivity contribution in [2.24, 2.45) is 5.73 Å². The van der Waals surface area contributed by atoms with Crippen LogP contribution in [0.15, 0.2) is 24.4 Å². The van der Waals surface area contributed by atoms with E-state index < -0.39 is 0 Å². The molecule has 2 N–H and O–H groups in total. The predicted molar refractivity (Wildman–Crippen MR) is 66.0 cm³/mol. The molecule has 5 heteroatoms. The Balaban J connectivity index is 0.00000128. The molecule has 2 rings (SSSR count). The first-order chi connectivity index (χ1) is 7.22. The van der Waals surface area contributed by atoms with Crippen LogP contribution in [0.25, 0.3) is 5.69 Å². The van der Waals surface area contributed by atoms with Crippen molar-refractivity contribution < 1.29 is 0 Å². The second-order valence-electron chi connectivity index (χ2n) is 3.60. The first-order valence-corrected chi connectivity index (χ1v) is 4.90. The first-order valence-electron chi connectivity index (χ1n) is 4.90. The number of para-hydroxylation sites is 1. The highest BCUT2D eigenvalue weighted by atomic mass is 35.5. The summed E-state index contributed by atoms with van der Waals surface area (Å²) in [6, 6.07) is 6.16. The summed E-state index contributed by atoms with van der Waals surface area (Å²) in [5.74, 6) is 0. The number of benzene rings is 1. The highest BCUT2D eigenvalue weighted by molar-refractivity contribution is 5.85. The monoisotopic (exact) mass is 238 g/mol. The number of aromatic nitrogens is 3. The maximum absolute atomic E-state index is 5.50. The van der Waals surface area contributed by atoms with E-state index in [1.54, 1.807) is 4.68 Å². The maximum atomic E-state index is 5.50. The minimum absolute atomic E-state index is 0. The summed E-state index contributed by atoms with van der Waals surface area (Å²) >= 11 is 0. The summed E-state index contributed by atoms with van der Waals surface area (Å²) in [4.78, 5) is 0. The second kappa shape index (κ2) is 5.09. The average Bonchev–Trinajstić information content (AvgIpc) is 2.66. The van der Waals surface area contributed by atoms with Gasteiger partial charge in [0.05, 0.1) is 17.6 Å². The van der Waals surface area contributed by atoms with Crippen molar-refractivity contribution in [1.29, 1.82) is 0 Å². The molecular weight excluding hydrogens is 224 g/mol. The van der Waals surface area contributed by atoms with Crippen LogP contribution in [-0.4, -0.2) is 15.0 Å². The lowest BCUT2D eigenvalue weighted by molar-refractivity contribution is 0.788. The van der Waals surface area contributed by atoms with Crippen molar-refractivity contribution in [2.75, 3.05) is 0 Å². The van der Waals surface area contributed by atoms with E-state index in [2.05, 4.69) is 36.3 Å². The molecule has 0 fully saturated rings. The van der Waals surface area contributed by atoms with E-state index in [9.17, 15) is 0 Å². The fraction of sp³-hybridized carbons (Fsp3) is 0.273. The van der Waals surface area contributed by atoms with Gasteiger partial charge in [-0.3, -0.25) is 0 Å². The normalized spacial score (nSPS) is 9.94. The van der Waals surface area contributed by atoms with Crippen LogP contribution in [0.2, 0.25) is 0 Å². The molecule has 4 nitrogen and oxygen atoms in total. The van der Waals surface area contributed by atoms with Gasteiger partial charge in [-0.05, 0) is 25.0 Å².